The van der Waals surface area contributed by atoms with Crippen molar-refractivity contribution in [1.82, 2.24) is 0 Å². The second-order valence-corrected chi connectivity index (χ2v) is 3.90. The van der Waals surface area contributed by atoms with E-state index in [1.54, 1.807) is 6.92 Å². The molecule has 1 rings (SSSR count). The Morgan fingerprint density at radius 1 is 1.62 bits per heavy atom. The minimum absolute atomic E-state index is 0.235. The van der Waals surface area contributed by atoms with Gasteiger partial charge in [-0.05, 0) is 18.3 Å². The molecule has 1 saturated carbocycles. The minimum atomic E-state index is -1.07. The van der Waals surface area contributed by atoms with Crippen molar-refractivity contribution in [3.8, 4) is 0 Å². The smallest absolute Gasteiger partial charge is 0.320 e. The Morgan fingerprint density at radius 3 is 2.46 bits per heavy atom. The molecular formula is C8H13NO4. The second-order valence-electron chi connectivity index (χ2n) is 3.90. The molecule has 13 heavy (non-hydrogen) atoms. The molecule has 0 radical (unpaired) electrons. The van der Waals surface area contributed by atoms with Crippen molar-refractivity contribution in [3.05, 3.63) is 0 Å². The summed E-state index contributed by atoms with van der Waals surface area (Å²) in [5.41, 5.74) is 4.90. The Balaban J connectivity index is 2.48. The van der Waals surface area contributed by atoms with Crippen LogP contribution in [0.3, 0.4) is 0 Å². The molecule has 0 aliphatic heterocycles. The molecular weight excluding hydrogens is 174 g/mol. The summed E-state index contributed by atoms with van der Waals surface area (Å²) in [7, 11) is 0. The highest BCUT2D eigenvalue weighted by atomic mass is 16.4. The van der Waals surface area contributed by atoms with Gasteiger partial charge in [0, 0.05) is 0 Å². The third kappa shape index (κ3) is 1.98. The van der Waals surface area contributed by atoms with Gasteiger partial charge in [-0.1, -0.05) is 6.92 Å². The highest BCUT2D eigenvalue weighted by molar-refractivity contribution is 5.76. The zero-order valence-corrected chi connectivity index (χ0v) is 7.36. The van der Waals surface area contributed by atoms with Crippen LogP contribution >= 0.6 is 0 Å². The van der Waals surface area contributed by atoms with E-state index in [0.717, 1.165) is 0 Å². The van der Waals surface area contributed by atoms with Gasteiger partial charge in [0.05, 0.1) is 5.92 Å². The lowest BCUT2D eigenvalue weighted by Gasteiger charge is -2.12. The second kappa shape index (κ2) is 2.99. The lowest BCUT2D eigenvalue weighted by molar-refractivity contribution is -0.141. The largest absolute Gasteiger partial charge is 0.481 e. The van der Waals surface area contributed by atoms with E-state index in [4.69, 9.17) is 15.9 Å². The van der Waals surface area contributed by atoms with Crippen molar-refractivity contribution in [2.75, 3.05) is 0 Å². The van der Waals surface area contributed by atoms with Crippen LogP contribution in [0.15, 0.2) is 0 Å². The first-order valence-electron chi connectivity index (χ1n) is 4.08. The third-order valence-electron chi connectivity index (χ3n) is 2.65. The van der Waals surface area contributed by atoms with Crippen LogP contribution in [-0.2, 0) is 9.59 Å². The number of hydrogen-bond acceptors (Lipinski definition) is 3. The summed E-state index contributed by atoms with van der Waals surface area (Å²) in [6, 6.07) is -0.950. The fourth-order valence-electron chi connectivity index (χ4n) is 1.61. The lowest BCUT2D eigenvalue weighted by atomic mass is 9.97. The van der Waals surface area contributed by atoms with Gasteiger partial charge in [0.1, 0.15) is 6.04 Å². The molecule has 0 aromatic carbocycles. The van der Waals surface area contributed by atoms with Crippen molar-refractivity contribution in [1.29, 1.82) is 0 Å². The highest BCUT2D eigenvalue weighted by Crippen LogP contribution is 2.55. The quantitative estimate of drug-likeness (QED) is 0.570. The first-order valence-corrected chi connectivity index (χ1v) is 4.08. The Bertz CT molecular complexity index is 253. The van der Waals surface area contributed by atoms with E-state index >= 15 is 0 Å². The fourth-order valence-corrected chi connectivity index (χ4v) is 1.61. The monoisotopic (exact) mass is 187 g/mol. The van der Waals surface area contributed by atoms with Gasteiger partial charge < -0.3 is 15.9 Å². The summed E-state index contributed by atoms with van der Waals surface area (Å²) in [5, 5.41) is 17.2. The van der Waals surface area contributed by atoms with Crippen molar-refractivity contribution in [3.63, 3.8) is 0 Å². The number of carboxylic acid groups (broad SMARTS) is 2. The Kier molecular flexibility index (Phi) is 2.30. The molecule has 5 nitrogen and oxygen atoms in total. The van der Waals surface area contributed by atoms with E-state index < -0.39 is 29.3 Å². The first-order chi connectivity index (χ1) is 5.87. The van der Waals surface area contributed by atoms with Gasteiger partial charge in [-0.3, -0.25) is 9.59 Å². The van der Waals surface area contributed by atoms with Crippen molar-refractivity contribution >= 4 is 11.9 Å². The van der Waals surface area contributed by atoms with Crippen molar-refractivity contribution in [2.24, 2.45) is 17.1 Å². The molecule has 0 bridgehead atoms. The van der Waals surface area contributed by atoms with Gasteiger partial charge in [-0.15, -0.1) is 0 Å². The molecule has 74 valence electrons. The average Bonchev–Trinajstić information content (AvgIpc) is 2.62. The van der Waals surface area contributed by atoms with Crippen molar-refractivity contribution < 1.29 is 19.8 Å². The SMILES string of the molecule is C[C@@]1(C[C@H](N)C(=O)O)C[C@@H]1C(=O)O. The van der Waals surface area contributed by atoms with Crippen LogP contribution in [-0.4, -0.2) is 28.2 Å². The number of aliphatic carboxylic acids is 2. The van der Waals surface area contributed by atoms with Crippen LogP contribution in [0.25, 0.3) is 0 Å². The molecule has 0 unspecified atom stereocenters. The number of rotatable bonds is 4. The van der Waals surface area contributed by atoms with Crippen LogP contribution in [0.1, 0.15) is 19.8 Å². The van der Waals surface area contributed by atoms with Gasteiger partial charge in [-0.25, -0.2) is 0 Å². The molecule has 0 aromatic heterocycles. The zero-order valence-electron chi connectivity index (χ0n) is 7.36. The van der Waals surface area contributed by atoms with Crippen LogP contribution in [0.5, 0.6) is 0 Å². The van der Waals surface area contributed by atoms with E-state index in [1.807, 2.05) is 0 Å². The summed E-state index contributed by atoms with van der Waals surface area (Å²) in [6.07, 6.45) is 0.766. The molecule has 0 saturated heterocycles. The predicted octanol–water partition coefficient (Wildman–Crippen LogP) is -0.101. The molecule has 1 fully saturated rings. The maximum Gasteiger partial charge on any atom is 0.320 e. The molecule has 1 aliphatic rings. The standard InChI is InChI=1S/C8H13NO4/c1-8(2-4(8)6(10)11)3-5(9)7(12)13/h4-5H,2-3,9H2,1H3,(H,10,11)(H,12,13)/t4-,5+,8+/m1/s1. The molecule has 0 spiro atoms. The van der Waals surface area contributed by atoms with Gasteiger partial charge in [0.25, 0.3) is 0 Å². The summed E-state index contributed by atoms with van der Waals surface area (Å²) in [6.45, 7) is 1.76. The molecule has 5 heteroatoms. The van der Waals surface area contributed by atoms with Gasteiger partial charge in [0.15, 0.2) is 0 Å². The number of carbonyl (C=O) groups is 2. The lowest BCUT2D eigenvalue weighted by Crippen LogP contribution is -2.33. The fraction of sp³-hybridized carbons (Fsp3) is 0.750. The molecule has 0 amide bonds. The Morgan fingerprint density at radius 2 is 2.15 bits per heavy atom. The molecule has 4 N–H and O–H groups in total. The topological polar surface area (TPSA) is 101 Å². The normalized spacial score (nSPS) is 33.8. The summed E-state index contributed by atoms with van der Waals surface area (Å²) in [5.74, 6) is -2.35. The van der Waals surface area contributed by atoms with Gasteiger partial charge in [-0.2, -0.15) is 0 Å². The number of hydrogen-bond donors (Lipinski definition) is 3. The van der Waals surface area contributed by atoms with E-state index in [2.05, 4.69) is 0 Å². The average molecular weight is 187 g/mol. The van der Waals surface area contributed by atoms with E-state index in [0.29, 0.717) is 6.42 Å². The number of nitrogens with two attached hydrogens (primary N) is 1. The van der Waals surface area contributed by atoms with E-state index in [-0.39, 0.29) is 6.42 Å². The highest BCUT2D eigenvalue weighted by Gasteiger charge is 2.55. The van der Waals surface area contributed by atoms with E-state index in [1.165, 1.54) is 0 Å². The minimum Gasteiger partial charge on any atom is -0.481 e. The Hall–Kier alpha value is -1.10. The van der Waals surface area contributed by atoms with Crippen LogP contribution in [0.2, 0.25) is 0 Å². The van der Waals surface area contributed by atoms with Crippen molar-refractivity contribution in [2.45, 2.75) is 25.8 Å². The molecule has 0 heterocycles. The summed E-state index contributed by atoms with van der Waals surface area (Å²) in [4.78, 5) is 20.9. The summed E-state index contributed by atoms with van der Waals surface area (Å²) >= 11 is 0. The van der Waals surface area contributed by atoms with Gasteiger partial charge in [0.2, 0.25) is 0 Å². The maximum atomic E-state index is 10.5. The number of carboxylic acids is 2. The van der Waals surface area contributed by atoms with Gasteiger partial charge >= 0.3 is 11.9 Å². The zero-order chi connectivity index (χ0) is 10.2. The molecule has 3 atom stereocenters. The van der Waals surface area contributed by atoms with E-state index in [9.17, 15) is 9.59 Å². The molecule has 1 aliphatic carbocycles. The van der Waals surface area contributed by atoms with Crippen LogP contribution in [0.4, 0.5) is 0 Å². The van der Waals surface area contributed by atoms with Crippen LogP contribution in [0, 0.1) is 11.3 Å². The first kappa shape index (κ1) is 9.98. The maximum absolute atomic E-state index is 10.5. The Labute approximate surface area is 75.5 Å². The van der Waals surface area contributed by atoms with Crippen LogP contribution < -0.4 is 5.73 Å². The molecule has 0 aromatic rings. The summed E-state index contributed by atoms with van der Waals surface area (Å²) < 4.78 is 0. The third-order valence-corrected chi connectivity index (χ3v) is 2.65. The predicted molar refractivity (Wildman–Crippen MR) is 44.1 cm³/mol.